The van der Waals surface area contributed by atoms with Crippen molar-refractivity contribution in [2.24, 2.45) is 0 Å². The minimum atomic E-state index is -4.43. The van der Waals surface area contributed by atoms with Crippen LogP contribution >= 0.6 is 0 Å². The Balaban J connectivity index is 1.37. The molecule has 45 heavy (non-hydrogen) atoms. The summed E-state index contributed by atoms with van der Waals surface area (Å²) < 4.78 is 51.6. The molecule has 2 fully saturated rings. The molecule has 3 aliphatic rings. The molecule has 0 aliphatic carbocycles. The molecule has 3 heterocycles. The maximum absolute atomic E-state index is 13.9. The van der Waals surface area contributed by atoms with Crippen molar-refractivity contribution >= 4 is 17.8 Å². The molecule has 4 atom stereocenters. The van der Waals surface area contributed by atoms with Gasteiger partial charge in [-0.05, 0) is 56.5 Å². The fourth-order valence-corrected chi connectivity index (χ4v) is 6.05. The van der Waals surface area contributed by atoms with E-state index in [9.17, 15) is 27.6 Å². The van der Waals surface area contributed by atoms with Crippen molar-refractivity contribution in [3.63, 3.8) is 0 Å². The molecule has 2 aromatic carbocycles. The van der Waals surface area contributed by atoms with Crippen LogP contribution in [0.15, 0.2) is 48.5 Å². The lowest BCUT2D eigenvalue weighted by molar-refractivity contribution is -0.137. The zero-order valence-corrected chi connectivity index (χ0v) is 25.4. The van der Waals surface area contributed by atoms with Crippen molar-refractivity contribution in [1.29, 1.82) is 0 Å². The molecule has 244 valence electrons. The number of amides is 4. The molecule has 2 bridgehead atoms. The molecule has 13 heteroatoms. The summed E-state index contributed by atoms with van der Waals surface area (Å²) in [6, 6.07) is 10.3. The Morgan fingerprint density at radius 3 is 2.53 bits per heavy atom. The smallest absolute Gasteiger partial charge is 0.416 e. The monoisotopic (exact) mass is 631 g/mol. The van der Waals surface area contributed by atoms with Crippen molar-refractivity contribution in [2.45, 2.75) is 76.2 Å². The van der Waals surface area contributed by atoms with E-state index in [1.165, 1.54) is 17.0 Å². The number of piperazine rings is 1. The van der Waals surface area contributed by atoms with E-state index >= 15 is 0 Å². The van der Waals surface area contributed by atoms with E-state index in [2.05, 4.69) is 16.0 Å². The predicted molar refractivity (Wildman–Crippen MR) is 160 cm³/mol. The summed E-state index contributed by atoms with van der Waals surface area (Å²) in [6.07, 6.45) is -3.17. The van der Waals surface area contributed by atoms with Gasteiger partial charge in [-0.25, -0.2) is 4.79 Å². The first-order valence-electron chi connectivity index (χ1n) is 15.4. The number of carbonyl (C=O) groups excluding carboxylic acids is 3. The zero-order valence-electron chi connectivity index (χ0n) is 25.4. The predicted octanol–water partition coefficient (Wildman–Crippen LogP) is 3.55. The van der Waals surface area contributed by atoms with E-state index in [1.54, 1.807) is 24.3 Å². The number of para-hydroxylation sites is 1. The van der Waals surface area contributed by atoms with Crippen LogP contribution < -0.4 is 20.7 Å². The first-order valence-corrected chi connectivity index (χ1v) is 15.4. The molecule has 2 saturated heterocycles. The number of fused-ring (bicyclic) bond motifs is 4. The second kappa shape index (κ2) is 14.1. The minimum Gasteiger partial charge on any atom is -0.493 e. The van der Waals surface area contributed by atoms with Crippen LogP contribution in [0.5, 0.6) is 5.75 Å². The Morgan fingerprint density at radius 2 is 1.80 bits per heavy atom. The lowest BCUT2D eigenvalue weighted by Gasteiger charge is -2.42. The maximum Gasteiger partial charge on any atom is 0.416 e. The molecule has 0 saturated carbocycles. The number of urea groups is 1. The molecule has 4 amide bonds. The van der Waals surface area contributed by atoms with Gasteiger partial charge >= 0.3 is 12.2 Å². The van der Waals surface area contributed by atoms with Crippen molar-refractivity contribution < 1.29 is 37.0 Å². The number of benzene rings is 2. The lowest BCUT2D eigenvalue weighted by Crippen LogP contribution is -2.62. The van der Waals surface area contributed by atoms with Crippen LogP contribution in [0.1, 0.15) is 54.6 Å². The van der Waals surface area contributed by atoms with E-state index in [1.807, 2.05) is 18.7 Å². The van der Waals surface area contributed by atoms with Crippen molar-refractivity contribution in [3.05, 3.63) is 65.2 Å². The van der Waals surface area contributed by atoms with Crippen LogP contribution in [0, 0.1) is 0 Å². The summed E-state index contributed by atoms with van der Waals surface area (Å²) >= 11 is 0. The number of rotatable bonds is 4. The van der Waals surface area contributed by atoms with Gasteiger partial charge in [0, 0.05) is 45.2 Å². The summed E-state index contributed by atoms with van der Waals surface area (Å²) in [5, 5.41) is 8.78. The van der Waals surface area contributed by atoms with Crippen molar-refractivity contribution in [3.8, 4) is 5.75 Å². The largest absolute Gasteiger partial charge is 0.493 e. The van der Waals surface area contributed by atoms with E-state index in [-0.39, 0.29) is 55.7 Å². The number of alkyl halides is 3. The summed E-state index contributed by atoms with van der Waals surface area (Å²) in [5.74, 6) is -0.298. The van der Waals surface area contributed by atoms with Crippen molar-refractivity contribution in [2.75, 3.05) is 32.8 Å². The molecule has 3 aliphatic heterocycles. The third-order valence-electron chi connectivity index (χ3n) is 8.36. The van der Waals surface area contributed by atoms with Gasteiger partial charge in [0.05, 0.1) is 36.0 Å². The molecule has 0 spiro atoms. The quantitative estimate of drug-likeness (QED) is 0.476. The number of ether oxygens (including phenoxy) is 2. The SMILES string of the molecule is CC(C)NC(=O)N[C@@H]1CC[C@H]2CCOc3ccccc3C(=O)N3CCN(Cc4ccc(C(F)(F)F)cc4)C[C@H]3C(=O)NC[C@H]1O2. The van der Waals surface area contributed by atoms with Gasteiger partial charge in [0.1, 0.15) is 11.8 Å². The highest BCUT2D eigenvalue weighted by atomic mass is 19.4. The Hall–Kier alpha value is -3.84. The molecular weight excluding hydrogens is 591 g/mol. The normalized spacial score (nSPS) is 24.9. The number of nitrogens with zero attached hydrogens (tertiary/aromatic N) is 2. The number of nitrogens with one attached hydrogen (secondary N) is 3. The van der Waals surface area contributed by atoms with Gasteiger partial charge in [0.15, 0.2) is 0 Å². The Labute approximate surface area is 260 Å². The molecular formula is C32H40F3N5O5. The van der Waals surface area contributed by atoms with Crippen LogP contribution in [0.2, 0.25) is 0 Å². The second-order valence-corrected chi connectivity index (χ2v) is 12.1. The number of hydrogen-bond donors (Lipinski definition) is 3. The average Bonchev–Trinajstić information content (AvgIpc) is 3.00. The number of halogens is 3. The van der Waals surface area contributed by atoms with E-state index in [0.29, 0.717) is 55.8 Å². The summed E-state index contributed by atoms with van der Waals surface area (Å²) in [5.41, 5.74) is 0.291. The van der Waals surface area contributed by atoms with Crippen molar-refractivity contribution in [1.82, 2.24) is 25.8 Å². The third-order valence-corrected chi connectivity index (χ3v) is 8.36. The molecule has 5 rings (SSSR count). The molecule has 0 unspecified atom stereocenters. The van der Waals surface area contributed by atoms with Crippen LogP contribution in [0.4, 0.5) is 18.0 Å². The first kappa shape index (κ1) is 32.6. The fourth-order valence-electron chi connectivity index (χ4n) is 6.05. The highest BCUT2D eigenvalue weighted by Crippen LogP contribution is 2.30. The molecule has 2 aromatic rings. The van der Waals surface area contributed by atoms with Gasteiger partial charge < -0.3 is 30.3 Å². The Morgan fingerprint density at radius 1 is 1.04 bits per heavy atom. The van der Waals surface area contributed by atoms with E-state index < -0.39 is 23.9 Å². The third kappa shape index (κ3) is 8.26. The summed E-state index contributed by atoms with van der Waals surface area (Å²) in [6.45, 7) is 5.32. The second-order valence-electron chi connectivity index (χ2n) is 12.1. The molecule has 0 aromatic heterocycles. The fraction of sp³-hybridized carbons (Fsp3) is 0.531. The molecule has 3 N–H and O–H groups in total. The zero-order chi connectivity index (χ0) is 32.1. The summed E-state index contributed by atoms with van der Waals surface area (Å²) in [7, 11) is 0. The molecule has 0 radical (unpaired) electrons. The first-order chi connectivity index (χ1) is 21.5. The Kier molecular flexibility index (Phi) is 10.2. The van der Waals surface area contributed by atoms with Gasteiger partial charge in [-0.1, -0.05) is 24.3 Å². The standard InChI is InChI=1S/C32H40F3N5O5/c1-20(2)37-31(43)38-25-12-11-23-13-16-44-27-6-4-3-5-24(27)30(42)40-15-14-39(19-26(40)29(41)36-17-28(25)45-23)18-21-7-9-22(10-8-21)32(33,34)35/h3-10,20,23,25-26,28H,11-19H2,1-2H3,(H,36,41)(H2,37,38,43)/t23-,25+,26-,28+/m0/s1. The van der Waals surface area contributed by atoms with Crippen LogP contribution in [-0.4, -0.2) is 90.8 Å². The van der Waals surface area contributed by atoms with Gasteiger partial charge in [0.2, 0.25) is 5.91 Å². The minimum absolute atomic E-state index is 0.0497. The molecule has 10 nitrogen and oxygen atoms in total. The van der Waals surface area contributed by atoms with Crippen LogP contribution in [-0.2, 0) is 22.3 Å². The van der Waals surface area contributed by atoms with Gasteiger partial charge in [0.25, 0.3) is 5.91 Å². The highest BCUT2D eigenvalue weighted by molar-refractivity contribution is 6.00. The average molecular weight is 632 g/mol. The van der Waals surface area contributed by atoms with Gasteiger partial charge in [-0.3, -0.25) is 14.5 Å². The maximum atomic E-state index is 13.9. The summed E-state index contributed by atoms with van der Waals surface area (Å²) in [4.78, 5) is 43.7. The Bertz CT molecular complexity index is 1360. The van der Waals surface area contributed by atoms with Crippen LogP contribution in [0.25, 0.3) is 0 Å². The van der Waals surface area contributed by atoms with E-state index in [4.69, 9.17) is 9.47 Å². The van der Waals surface area contributed by atoms with Gasteiger partial charge in [-0.2, -0.15) is 13.2 Å². The van der Waals surface area contributed by atoms with E-state index in [0.717, 1.165) is 12.1 Å². The number of hydrogen-bond acceptors (Lipinski definition) is 6. The van der Waals surface area contributed by atoms with Crippen LogP contribution in [0.3, 0.4) is 0 Å². The topological polar surface area (TPSA) is 112 Å². The van der Waals surface area contributed by atoms with Gasteiger partial charge in [-0.15, -0.1) is 0 Å². The highest BCUT2D eigenvalue weighted by Gasteiger charge is 2.39. The number of carbonyl (C=O) groups is 3. The lowest BCUT2D eigenvalue weighted by atomic mass is 9.96.